The predicted octanol–water partition coefficient (Wildman–Crippen LogP) is 1.58. The number of aromatic nitrogens is 2. The highest BCUT2D eigenvalue weighted by atomic mass is 16.7. The zero-order valence-corrected chi connectivity index (χ0v) is 12.1. The van der Waals surface area contributed by atoms with Crippen molar-refractivity contribution >= 4 is 17.8 Å². The number of hydrogen-bond acceptors (Lipinski definition) is 5. The number of carbonyl (C=O) groups excluding carboxylic acids is 3. The van der Waals surface area contributed by atoms with Gasteiger partial charge in [-0.05, 0) is 37.0 Å². The van der Waals surface area contributed by atoms with Crippen LogP contribution in [0.15, 0.2) is 30.5 Å². The van der Waals surface area contributed by atoms with Crippen LogP contribution in [0.2, 0.25) is 0 Å². The van der Waals surface area contributed by atoms with Gasteiger partial charge in [0.25, 0.3) is 11.8 Å². The molecule has 2 heterocycles. The first-order valence-electron chi connectivity index (χ1n) is 7.38. The largest absolute Gasteiger partial charge is 0.342 e. The minimum atomic E-state index is -0.621. The summed E-state index contributed by atoms with van der Waals surface area (Å²) < 4.78 is 0. The molecule has 0 saturated heterocycles. The van der Waals surface area contributed by atoms with E-state index >= 15 is 0 Å². The van der Waals surface area contributed by atoms with E-state index in [-0.39, 0.29) is 11.1 Å². The zero-order valence-electron chi connectivity index (χ0n) is 12.1. The van der Waals surface area contributed by atoms with E-state index in [0.717, 1.165) is 18.4 Å². The maximum absolute atomic E-state index is 12.4. The number of nitrogens with zero attached hydrogens (tertiary/aromatic N) is 2. The fourth-order valence-electron chi connectivity index (χ4n) is 3.10. The molecular formula is C16H13N3O4. The molecule has 1 aliphatic carbocycles. The highest BCUT2D eigenvalue weighted by Gasteiger charge is 2.40. The summed E-state index contributed by atoms with van der Waals surface area (Å²) in [6.07, 6.45) is 3.96. The molecule has 1 aromatic heterocycles. The standard InChI is InChI=1S/C16H13N3O4/c20-14-10-5-1-2-6-11(10)15(21)19(14)23-16(22)12-7-3-4-9-8-17-18-13(9)12/h1-2,5-6,8,12H,3-4,7H2,(H,17,18). The van der Waals surface area contributed by atoms with E-state index in [4.69, 9.17) is 4.84 Å². The molecule has 2 aliphatic rings. The maximum atomic E-state index is 12.4. The Kier molecular flexibility index (Phi) is 3.00. The van der Waals surface area contributed by atoms with Gasteiger partial charge in [0.1, 0.15) is 5.92 Å². The molecule has 0 bridgehead atoms. The molecule has 0 saturated carbocycles. The number of rotatable bonds is 2. The van der Waals surface area contributed by atoms with Crippen molar-refractivity contribution in [2.75, 3.05) is 0 Å². The lowest BCUT2D eigenvalue weighted by Gasteiger charge is -2.22. The van der Waals surface area contributed by atoms with E-state index in [2.05, 4.69) is 10.2 Å². The van der Waals surface area contributed by atoms with Gasteiger partial charge in [-0.1, -0.05) is 17.2 Å². The molecule has 1 aliphatic heterocycles. The van der Waals surface area contributed by atoms with Crippen LogP contribution in [-0.4, -0.2) is 33.0 Å². The normalized spacial score (nSPS) is 19.5. The van der Waals surface area contributed by atoms with Crippen LogP contribution < -0.4 is 0 Å². The number of carbonyl (C=O) groups is 3. The monoisotopic (exact) mass is 311 g/mol. The first-order chi connectivity index (χ1) is 11.2. The van der Waals surface area contributed by atoms with E-state index in [1.54, 1.807) is 18.3 Å². The minimum Gasteiger partial charge on any atom is -0.329 e. The smallest absolute Gasteiger partial charge is 0.329 e. The van der Waals surface area contributed by atoms with Crippen LogP contribution in [-0.2, 0) is 16.1 Å². The average Bonchev–Trinajstić information content (AvgIpc) is 3.14. The quantitative estimate of drug-likeness (QED) is 0.850. The lowest BCUT2D eigenvalue weighted by atomic mass is 9.88. The molecule has 0 radical (unpaired) electrons. The third kappa shape index (κ3) is 2.04. The molecule has 0 spiro atoms. The van der Waals surface area contributed by atoms with Crippen molar-refractivity contribution in [2.24, 2.45) is 0 Å². The summed E-state index contributed by atoms with van der Waals surface area (Å²) in [4.78, 5) is 42.0. The number of hydroxylamine groups is 2. The Hall–Kier alpha value is -2.96. The first-order valence-corrected chi connectivity index (χ1v) is 7.38. The van der Waals surface area contributed by atoms with Gasteiger partial charge in [-0.25, -0.2) is 4.79 Å². The van der Waals surface area contributed by atoms with Crippen molar-refractivity contribution in [1.29, 1.82) is 0 Å². The molecule has 1 atom stereocenters. The van der Waals surface area contributed by atoms with Gasteiger partial charge < -0.3 is 4.84 Å². The summed E-state index contributed by atoms with van der Waals surface area (Å²) in [5.41, 5.74) is 2.17. The van der Waals surface area contributed by atoms with Crippen molar-refractivity contribution in [3.8, 4) is 0 Å². The molecule has 2 aromatic rings. The Morgan fingerprint density at radius 2 is 1.91 bits per heavy atom. The van der Waals surface area contributed by atoms with Gasteiger partial charge in [-0.3, -0.25) is 14.7 Å². The van der Waals surface area contributed by atoms with Crippen LogP contribution in [0.3, 0.4) is 0 Å². The van der Waals surface area contributed by atoms with E-state index in [1.165, 1.54) is 12.1 Å². The molecule has 2 amide bonds. The van der Waals surface area contributed by atoms with Crippen LogP contribution in [0.4, 0.5) is 0 Å². The van der Waals surface area contributed by atoms with Gasteiger partial charge in [0.15, 0.2) is 0 Å². The summed E-state index contributed by atoms with van der Waals surface area (Å²) in [5, 5.41) is 7.32. The second-order valence-electron chi connectivity index (χ2n) is 5.61. The van der Waals surface area contributed by atoms with Gasteiger partial charge in [-0.15, -0.1) is 0 Å². The molecule has 23 heavy (non-hydrogen) atoms. The van der Waals surface area contributed by atoms with Crippen molar-refractivity contribution < 1.29 is 19.2 Å². The van der Waals surface area contributed by atoms with Gasteiger partial charge >= 0.3 is 5.97 Å². The van der Waals surface area contributed by atoms with E-state index < -0.39 is 23.7 Å². The number of H-pyrrole nitrogens is 1. The van der Waals surface area contributed by atoms with Crippen molar-refractivity contribution in [3.63, 3.8) is 0 Å². The summed E-state index contributed by atoms with van der Waals surface area (Å²) in [6, 6.07) is 6.40. The number of fused-ring (bicyclic) bond motifs is 2. The highest BCUT2D eigenvalue weighted by Crippen LogP contribution is 2.32. The molecule has 4 rings (SSSR count). The van der Waals surface area contributed by atoms with E-state index in [0.29, 0.717) is 17.2 Å². The number of aryl methyl sites for hydroxylation is 1. The summed E-state index contributed by atoms with van der Waals surface area (Å²) in [7, 11) is 0. The summed E-state index contributed by atoms with van der Waals surface area (Å²) in [6.45, 7) is 0. The lowest BCUT2D eigenvalue weighted by molar-refractivity contribution is -0.171. The topological polar surface area (TPSA) is 92.4 Å². The van der Waals surface area contributed by atoms with Crippen LogP contribution in [0.25, 0.3) is 0 Å². The molecule has 1 N–H and O–H groups in total. The minimum absolute atomic E-state index is 0.246. The SMILES string of the molecule is O=C(ON1C(=O)c2ccccc2C1=O)C1CCCc2cn[nH]c21. The highest BCUT2D eigenvalue weighted by molar-refractivity contribution is 6.20. The Morgan fingerprint density at radius 3 is 2.61 bits per heavy atom. The van der Waals surface area contributed by atoms with Crippen LogP contribution >= 0.6 is 0 Å². The van der Waals surface area contributed by atoms with Crippen molar-refractivity contribution in [3.05, 3.63) is 52.8 Å². The van der Waals surface area contributed by atoms with Crippen LogP contribution in [0, 0.1) is 0 Å². The molecular weight excluding hydrogens is 298 g/mol. The second-order valence-corrected chi connectivity index (χ2v) is 5.61. The molecule has 1 unspecified atom stereocenters. The molecule has 116 valence electrons. The average molecular weight is 311 g/mol. The maximum Gasteiger partial charge on any atom is 0.342 e. The number of hydrogen-bond donors (Lipinski definition) is 1. The summed E-state index contributed by atoms with van der Waals surface area (Å²) in [5.74, 6) is -2.38. The van der Waals surface area contributed by atoms with Crippen molar-refractivity contribution in [2.45, 2.75) is 25.2 Å². The third-order valence-corrected chi connectivity index (χ3v) is 4.26. The number of imide groups is 1. The number of aromatic amines is 1. The predicted molar refractivity (Wildman–Crippen MR) is 77.3 cm³/mol. The van der Waals surface area contributed by atoms with E-state index in [9.17, 15) is 14.4 Å². The zero-order chi connectivity index (χ0) is 16.0. The van der Waals surface area contributed by atoms with Gasteiger partial charge in [-0.2, -0.15) is 5.10 Å². The second kappa shape index (κ2) is 5.05. The van der Waals surface area contributed by atoms with Gasteiger partial charge in [0.05, 0.1) is 23.0 Å². The molecule has 7 nitrogen and oxygen atoms in total. The van der Waals surface area contributed by atoms with Crippen LogP contribution in [0.5, 0.6) is 0 Å². The Balaban J connectivity index is 1.57. The van der Waals surface area contributed by atoms with E-state index in [1.807, 2.05) is 0 Å². The Labute approximate surface area is 131 Å². The Bertz CT molecular complexity index is 791. The number of nitrogens with one attached hydrogen (secondary N) is 1. The van der Waals surface area contributed by atoms with Crippen molar-refractivity contribution in [1.82, 2.24) is 15.3 Å². The summed E-state index contributed by atoms with van der Waals surface area (Å²) >= 11 is 0. The third-order valence-electron chi connectivity index (χ3n) is 4.26. The van der Waals surface area contributed by atoms with Gasteiger partial charge in [0, 0.05) is 0 Å². The molecule has 7 heteroatoms. The number of amides is 2. The number of benzene rings is 1. The lowest BCUT2D eigenvalue weighted by Crippen LogP contribution is -2.35. The fraction of sp³-hybridized carbons (Fsp3) is 0.250. The van der Waals surface area contributed by atoms with Crippen LogP contribution in [0.1, 0.15) is 50.7 Å². The molecule has 0 fully saturated rings. The molecule has 1 aromatic carbocycles. The Morgan fingerprint density at radius 1 is 1.22 bits per heavy atom. The first kappa shape index (κ1) is 13.7. The van der Waals surface area contributed by atoms with Gasteiger partial charge in [0.2, 0.25) is 0 Å². The fourth-order valence-corrected chi connectivity index (χ4v) is 3.10.